The van der Waals surface area contributed by atoms with Gasteiger partial charge in [0.15, 0.2) is 0 Å². The fourth-order valence-corrected chi connectivity index (χ4v) is 12.7. The minimum absolute atomic E-state index is 0.342. The summed E-state index contributed by atoms with van der Waals surface area (Å²) in [6.07, 6.45) is 0. The van der Waals surface area contributed by atoms with Gasteiger partial charge in [0.2, 0.25) is 0 Å². The van der Waals surface area contributed by atoms with E-state index in [0.29, 0.717) is 0 Å². The van der Waals surface area contributed by atoms with Crippen LogP contribution in [0, 0.1) is 0 Å². The van der Waals surface area contributed by atoms with Crippen LogP contribution in [0.25, 0.3) is 54.9 Å². The highest BCUT2D eigenvalue weighted by Gasteiger charge is 2.43. The summed E-state index contributed by atoms with van der Waals surface area (Å²) in [7, 11) is 0. The first kappa shape index (κ1) is 43.5. The molecule has 2 nitrogen and oxygen atoms in total. The Hall–Kier alpha value is -9.24. The zero-order chi connectivity index (χ0) is 49.4. The van der Waals surface area contributed by atoms with Crippen LogP contribution in [0.15, 0.2) is 279 Å². The largest absolute Gasteiger partial charge is 0.310 e. The van der Waals surface area contributed by atoms with E-state index in [1.54, 1.807) is 0 Å². The number of hydrogen-bond donors (Lipinski definition) is 0. The lowest BCUT2D eigenvalue weighted by Crippen LogP contribution is -2.22. The monoisotopic (exact) mass is 944 g/mol. The van der Waals surface area contributed by atoms with Gasteiger partial charge in [0.25, 0.3) is 0 Å². The second-order valence-corrected chi connectivity index (χ2v) is 20.3. The number of fused-ring (bicyclic) bond motifs is 10. The molecule has 0 aliphatic heterocycles. The van der Waals surface area contributed by atoms with Crippen molar-refractivity contribution in [1.82, 2.24) is 0 Å². The van der Waals surface area contributed by atoms with Crippen LogP contribution in [0.4, 0.5) is 34.1 Å². The smallest absolute Gasteiger partial charge is 0.0465 e. The molecule has 2 atom stereocenters. The van der Waals surface area contributed by atoms with Crippen LogP contribution in [-0.4, -0.2) is 0 Å². The fraction of sp³-hybridized carbons (Fsp3) is 0.0556. The van der Waals surface area contributed by atoms with Gasteiger partial charge in [-0.15, -0.1) is 0 Å². The zero-order valence-corrected chi connectivity index (χ0v) is 41.5. The third-order valence-corrected chi connectivity index (χ3v) is 16.4. The molecule has 74 heavy (non-hydrogen) atoms. The quantitative estimate of drug-likeness (QED) is 0.142. The van der Waals surface area contributed by atoms with Crippen LogP contribution in [0.3, 0.4) is 0 Å². The Bertz CT molecular complexity index is 3810. The summed E-state index contributed by atoms with van der Waals surface area (Å²) in [5.41, 5.74) is 21.5. The zero-order valence-electron chi connectivity index (χ0n) is 41.5. The van der Waals surface area contributed by atoms with Crippen molar-refractivity contribution >= 4 is 55.7 Å². The van der Waals surface area contributed by atoms with E-state index in [2.05, 4.69) is 303 Å². The normalized spacial score (nSPS) is 16.1. The first-order valence-electron chi connectivity index (χ1n) is 25.8. The van der Waals surface area contributed by atoms with Crippen LogP contribution in [0.5, 0.6) is 0 Å². The first-order valence-corrected chi connectivity index (χ1v) is 25.8. The first-order chi connectivity index (χ1) is 36.5. The molecule has 2 unspecified atom stereocenters. The van der Waals surface area contributed by atoms with Crippen LogP contribution >= 0.6 is 0 Å². The molecule has 12 aromatic rings. The predicted octanol–water partition coefficient (Wildman–Crippen LogP) is 19.3. The summed E-state index contributed by atoms with van der Waals surface area (Å²) in [5, 5.41) is 5.12. The Morgan fingerprint density at radius 1 is 0.257 bits per heavy atom. The standard InChI is InChI=1S/C72H52N2/c1-71(53-21-7-3-8-22-53)65-45-35-51-19-15-17-29-61(51)69(65)63-43-41-59(47-67(63)71)73(55-25-11-5-12-26-55)57-37-31-49(32-38-57)50-33-39-58(40-34-50)74(56-27-13-6-14-28-56)60-42-44-64-68(48-60)72(2,54-23-9-4-10-24-54)66-46-36-52-20-16-18-30-62(52)70(64)66/h3-48H,1-2H3. The molecule has 350 valence electrons. The highest BCUT2D eigenvalue weighted by molar-refractivity contribution is 6.05. The van der Waals surface area contributed by atoms with E-state index < -0.39 is 0 Å². The van der Waals surface area contributed by atoms with Crippen molar-refractivity contribution in [2.75, 3.05) is 9.80 Å². The molecular weight excluding hydrogens is 893 g/mol. The Morgan fingerprint density at radius 2 is 0.581 bits per heavy atom. The van der Waals surface area contributed by atoms with Crippen LogP contribution in [0.2, 0.25) is 0 Å². The van der Waals surface area contributed by atoms with E-state index in [0.717, 1.165) is 45.3 Å². The molecule has 2 aliphatic carbocycles. The summed E-state index contributed by atoms with van der Waals surface area (Å²) >= 11 is 0. The van der Waals surface area contributed by atoms with Gasteiger partial charge in [0.05, 0.1) is 0 Å². The second kappa shape index (κ2) is 17.2. The highest BCUT2D eigenvalue weighted by Crippen LogP contribution is 2.58. The van der Waals surface area contributed by atoms with Crippen LogP contribution in [-0.2, 0) is 10.8 Å². The van der Waals surface area contributed by atoms with E-state index in [1.807, 2.05) is 0 Å². The van der Waals surface area contributed by atoms with Gasteiger partial charge in [-0.1, -0.05) is 206 Å². The van der Waals surface area contributed by atoms with Crippen molar-refractivity contribution in [1.29, 1.82) is 0 Å². The Balaban J connectivity index is 0.832. The van der Waals surface area contributed by atoms with Crippen LogP contribution < -0.4 is 9.80 Å². The average molecular weight is 945 g/mol. The van der Waals surface area contributed by atoms with E-state index >= 15 is 0 Å². The van der Waals surface area contributed by atoms with Crippen molar-refractivity contribution in [2.24, 2.45) is 0 Å². The third-order valence-electron chi connectivity index (χ3n) is 16.4. The third kappa shape index (κ3) is 6.72. The molecule has 0 aromatic heterocycles. The SMILES string of the molecule is CC1(c2ccccc2)c2cc(N(c3ccccc3)c3ccc(-c4ccc(N(c5ccccc5)c5ccc6c(c5)C(C)(c5ccccc5)c5ccc7ccccc7c5-6)cc4)cc3)ccc2-c2c1ccc1ccccc21. The fourth-order valence-electron chi connectivity index (χ4n) is 12.7. The summed E-state index contributed by atoms with van der Waals surface area (Å²) in [6, 6.07) is 103. The van der Waals surface area contributed by atoms with Gasteiger partial charge in [-0.2, -0.15) is 0 Å². The molecule has 0 bridgehead atoms. The molecule has 14 rings (SSSR count). The Morgan fingerprint density at radius 3 is 0.973 bits per heavy atom. The van der Waals surface area contributed by atoms with E-state index in [9.17, 15) is 0 Å². The maximum Gasteiger partial charge on any atom is 0.0465 e. The lowest BCUT2D eigenvalue weighted by Gasteiger charge is -2.31. The molecule has 0 amide bonds. The molecule has 0 radical (unpaired) electrons. The molecule has 0 N–H and O–H groups in total. The van der Waals surface area contributed by atoms with Crippen LogP contribution in [0.1, 0.15) is 47.2 Å². The van der Waals surface area contributed by atoms with Gasteiger partial charge in [-0.05, 0) is 175 Å². The molecule has 0 saturated heterocycles. The highest BCUT2D eigenvalue weighted by atomic mass is 15.1. The Labute approximate surface area is 433 Å². The summed E-state index contributed by atoms with van der Waals surface area (Å²) in [4.78, 5) is 4.80. The predicted molar refractivity (Wildman–Crippen MR) is 311 cm³/mol. The van der Waals surface area contributed by atoms with Gasteiger partial charge < -0.3 is 9.80 Å². The second-order valence-electron chi connectivity index (χ2n) is 20.3. The molecule has 0 saturated carbocycles. The van der Waals surface area contributed by atoms with Gasteiger partial charge >= 0.3 is 0 Å². The molecule has 0 spiro atoms. The Kier molecular flexibility index (Phi) is 10.1. The van der Waals surface area contributed by atoms with Crippen molar-refractivity contribution in [3.63, 3.8) is 0 Å². The molecule has 2 aliphatic rings. The molecule has 2 heteroatoms. The van der Waals surface area contributed by atoms with E-state index in [4.69, 9.17) is 0 Å². The van der Waals surface area contributed by atoms with Crippen molar-refractivity contribution < 1.29 is 0 Å². The number of para-hydroxylation sites is 2. The minimum Gasteiger partial charge on any atom is -0.310 e. The number of benzene rings is 12. The maximum absolute atomic E-state index is 2.44. The topological polar surface area (TPSA) is 6.48 Å². The van der Waals surface area contributed by atoms with E-state index in [1.165, 1.54) is 77.2 Å². The molecule has 0 heterocycles. The van der Waals surface area contributed by atoms with Crippen molar-refractivity contribution in [3.05, 3.63) is 312 Å². The summed E-state index contributed by atoms with van der Waals surface area (Å²) in [5.74, 6) is 0. The number of nitrogens with zero attached hydrogens (tertiary/aromatic N) is 2. The number of anilines is 6. The number of hydrogen-bond acceptors (Lipinski definition) is 2. The lowest BCUT2D eigenvalue weighted by molar-refractivity contribution is 0.714. The number of rotatable bonds is 9. The van der Waals surface area contributed by atoms with E-state index in [-0.39, 0.29) is 10.8 Å². The molecule has 12 aromatic carbocycles. The average Bonchev–Trinajstić information content (AvgIpc) is 3.98. The summed E-state index contributed by atoms with van der Waals surface area (Å²) < 4.78 is 0. The molecular formula is C72H52N2. The lowest BCUT2D eigenvalue weighted by atomic mass is 9.74. The van der Waals surface area contributed by atoms with Crippen molar-refractivity contribution in [3.8, 4) is 33.4 Å². The molecule has 0 fully saturated rings. The van der Waals surface area contributed by atoms with Gasteiger partial charge in [0.1, 0.15) is 0 Å². The van der Waals surface area contributed by atoms with Crippen molar-refractivity contribution in [2.45, 2.75) is 24.7 Å². The van der Waals surface area contributed by atoms with Gasteiger partial charge in [-0.3, -0.25) is 0 Å². The summed E-state index contributed by atoms with van der Waals surface area (Å²) in [6.45, 7) is 4.82. The maximum atomic E-state index is 2.44. The van der Waals surface area contributed by atoms with Gasteiger partial charge in [-0.25, -0.2) is 0 Å². The van der Waals surface area contributed by atoms with Gasteiger partial charge in [0, 0.05) is 45.0 Å². The minimum atomic E-state index is -0.342.